The Bertz CT molecular complexity index is 1030. The molecule has 28 heavy (non-hydrogen) atoms. The highest BCUT2D eigenvalue weighted by molar-refractivity contribution is 5.94. The zero-order chi connectivity index (χ0) is 19.5. The predicted octanol–water partition coefficient (Wildman–Crippen LogP) is 3.60. The number of imidazole rings is 1. The van der Waals surface area contributed by atoms with Crippen molar-refractivity contribution in [3.8, 4) is 17.5 Å². The molecule has 4 rings (SSSR count). The van der Waals surface area contributed by atoms with Gasteiger partial charge in [0.25, 0.3) is 5.91 Å². The van der Waals surface area contributed by atoms with Crippen molar-refractivity contribution in [2.24, 2.45) is 0 Å². The van der Waals surface area contributed by atoms with Crippen molar-refractivity contribution in [3.05, 3.63) is 71.8 Å². The lowest BCUT2D eigenvalue weighted by Gasteiger charge is -2.35. The molecule has 1 saturated heterocycles. The Balaban J connectivity index is 1.61. The normalized spacial score (nSPS) is 16.6. The molecular formula is C22H21N5O. The molecule has 0 bridgehead atoms. The van der Waals surface area contributed by atoms with Gasteiger partial charge in [-0.25, -0.2) is 4.98 Å². The molecule has 1 aromatic carbocycles. The number of benzene rings is 1. The molecule has 0 aliphatic carbocycles. The van der Waals surface area contributed by atoms with Crippen molar-refractivity contribution in [2.45, 2.75) is 25.8 Å². The number of carbonyl (C=O) groups is 1. The third-order valence-corrected chi connectivity index (χ3v) is 5.21. The minimum absolute atomic E-state index is 0.0231. The maximum atomic E-state index is 13.0. The third-order valence-electron chi connectivity index (χ3n) is 5.21. The summed E-state index contributed by atoms with van der Waals surface area (Å²) in [5, 5.41) is 9.10. The van der Waals surface area contributed by atoms with Gasteiger partial charge in [0.1, 0.15) is 5.82 Å². The van der Waals surface area contributed by atoms with E-state index in [-0.39, 0.29) is 11.9 Å². The van der Waals surface area contributed by atoms with E-state index >= 15 is 0 Å². The molecule has 2 aromatic heterocycles. The number of nitriles is 1. The lowest BCUT2D eigenvalue weighted by Crippen LogP contribution is -2.41. The van der Waals surface area contributed by atoms with Crippen LogP contribution in [0.3, 0.4) is 0 Å². The van der Waals surface area contributed by atoms with Crippen LogP contribution in [0.25, 0.3) is 11.4 Å². The number of pyridine rings is 1. The molecule has 0 spiro atoms. The Morgan fingerprint density at radius 1 is 1.25 bits per heavy atom. The second-order valence-electron chi connectivity index (χ2n) is 7.07. The number of hydrogen-bond donors (Lipinski definition) is 0. The van der Waals surface area contributed by atoms with Crippen LogP contribution in [-0.4, -0.2) is 38.4 Å². The number of carbonyl (C=O) groups excluding carboxylic acids is 1. The molecule has 1 fully saturated rings. The number of aryl methyl sites for hydroxylation is 1. The summed E-state index contributed by atoms with van der Waals surface area (Å²) >= 11 is 0. The maximum absolute atomic E-state index is 13.0. The van der Waals surface area contributed by atoms with E-state index in [0.29, 0.717) is 17.7 Å². The average molecular weight is 371 g/mol. The molecule has 1 atom stereocenters. The number of rotatable bonds is 3. The molecule has 0 radical (unpaired) electrons. The molecule has 1 unspecified atom stereocenters. The van der Waals surface area contributed by atoms with Gasteiger partial charge in [0, 0.05) is 48.5 Å². The van der Waals surface area contributed by atoms with Crippen molar-refractivity contribution < 1.29 is 4.79 Å². The van der Waals surface area contributed by atoms with Crippen LogP contribution in [0.4, 0.5) is 0 Å². The number of likely N-dealkylation sites (tertiary alicyclic amines) is 1. The van der Waals surface area contributed by atoms with Gasteiger partial charge in [-0.05, 0) is 50.1 Å². The van der Waals surface area contributed by atoms with Crippen molar-refractivity contribution in [2.75, 3.05) is 13.1 Å². The van der Waals surface area contributed by atoms with Crippen LogP contribution in [0, 0.1) is 18.3 Å². The molecule has 6 heteroatoms. The number of piperidine rings is 1. The standard InChI is InChI=1S/C22H21N5O/c1-16-14-25-21(18-7-9-24-10-8-18)27(16)20-6-3-11-26(15-20)22(28)19-5-2-4-17(12-19)13-23/h2,4-5,7-10,12,14,20H,3,6,11,15H2,1H3. The summed E-state index contributed by atoms with van der Waals surface area (Å²) in [7, 11) is 0. The van der Waals surface area contributed by atoms with E-state index in [1.165, 1.54) is 0 Å². The molecule has 1 aliphatic rings. The summed E-state index contributed by atoms with van der Waals surface area (Å²) in [5.74, 6) is 0.885. The zero-order valence-corrected chi connectivity index (χ0v) is 15.7. The van der Waals surface area contributed by atoms with Crippen LogP contribution in [0.1, 0.15) is 40.5 Å². The van der Waals surface area contributed by atoms with Crippen LogP contribution >= 0.6 is 0 Å². The van der Waals surface area contributed by atoms with Crippen molar-refractivity contribution in [1.29, 1.82) is 5.26 Å². The van der Waals surface area contributed by atoms with Crippen molar-refractivity contribution in [3.63, 3.8) is 0 Å². The highest BCUT2D eigenvalue weighted by Crippen LogP contribution is 2.29. The smallest absolute Gasteiger partial charge is 0.253 e. The van der Waals surface area contributed by atoms with Gasteiger partial charge < -0.3 is 9.47 Å². The molecule has 1 aliphatic heterocycles. The van der Waals surface area contributed by atoms with Gasteiger partial charge in [0.15, 0.2) is 0 Å². The predicted molar refractivity (Wildman–Crippen MR) is 106 cm³/mol. The lowest BCUT2D eigenvalue weighted by atomic mass is 10.0. The molecule has 6 nitrogen and oxygen atoms in total. The summed E-state index contributed by atoms with van der Waals surface area (Å²) in [5.41, 5.74) is 3.17. The minimum Gasteiger partial charge on any atom is -0.337 e. The maximum Gasteiger partial charge on any atom is 0.253 e. The number of hydrogen-bond acceptors (Lipinski definition) is 4. The first-order chi connectivity index (χ1) is 13.7. The van der Waals surface area contributed by atoms with E-state index in [4.69, 9.17) is 5.26 Å². The van der Waals surface area contributed by atoms with E-state index < -0.39 is 0 Å². The number of aromatic nitrogens is 3. The van der Waals surface area contributed by atoms with Gasteiger partial charge in [0.2, 0.25) is 0 Å². The first kappa shape index (κ1) is 17.9. The Kier molecular flexibility index (Phi) is 4.90. The van der Waals surface area contributed by atoms with E-state index in [9.17, 15) is 4.79 Å². The van der Waals surface area contributed by atoms with Gasteiger partial charge in [0.05, 0.1) is 17.7 Å². The number of amides is 1. The molecule has 140 valence electrons. The second-order valence-corrected chi connectivity index (χ2v) is 7.07. The first-order valence-corrected chi connectivity index (χ1v) is 9.41. The van der Waals surface area contributed by atoms with Crippen LogP contribution in [-0.2, 0) is 0 Å². The van der Waals surface area contributed by atoms with Gasteiger partial charge in [-0.1, -0.05) is 6.07 Å². The fourth-order valence-electron chi connectivity index (χ4n) is 3.88. The van der Waals surface area contributed by atoms with E-state index in [0.717, 1.165) is 36.5 Å². The fraction of sp³-hybridized carbons (Fsp3) is 0.273. The fourth-order valence-corrected chi connectivity index (χ4v) is 3.88. The molecule has 1 amide bonds. The summed E-state index contributed by atoms with van der Waals surface area (Å²) < 4.78 is 2.24. The monoisotopic (exact) mass is 371 g/mol. The van der Waals surface area contributed by atoms with Gasteiger partial charge in [-0.2, -0.15) is 5.26 Å². The van der Waals surface area contributed by atoms with Crippen molar-refractivity contribution in [1.82, 2.24) is 19.4 Å². The summed E-state index contributed by atoms with van der Waals surface area (Å²) in [6.45, 7) is 3.41. The van der Waals surface area contributed by atoms with Crippen LogP contribution in [0.5, 0.6) is 0 Å². The molecule has 0 saturated carbocycles. The van der Waals surface area contributed by atoms with Crippen molar-refractivity contribution >= 4 is 5.91 Å². The van der Waals surface area contributed by atoms with Crippen LogP contribution < -0.4 is 0 Å². The average Bonchev–Trinajstić information content (AvgIpc) is 3.15. The van der Waals surface area contributed by atoms with Crippen LogP contribution in [0.2, 0.25) is 0 Å². The van der Waals surface area contributed by atoms with Crippen LogP contribution in [0.15, 0.2) is 55.0 Å². The molecule has 0 N–H and O–H groups in total. The summed E-state index contributed by atoms with van der Waals surface area (Å²) in [4.78, 5) is 23.6. The molecular weight excluding hydrogens is 350 g/mol. The number of nitrogens with zero attached hydrogens (tertiary/aromatic N) is 5. The molecule has 3 aromatic rings. The van der Waals surface area contributed by atoms with Gasteiger partial charge >= 0.3 is 0 Å². The lowest BCUT2D eigenvalue weighted by molar-refractivity contribution is 0.0679. The van der Waals surface area contributed by atoms with E-state index in [1.54, 1.807) is 36.7 Å². The SMILES string of the molecule is Cc1cnc(-c2ccncc2)n1C1CCCN(C(=O)c2cccc(C#N)c2)C1. The highest BCUT2D eigenvalue weighted by atomic mass is 16.2. The third kappa shape index (κ3) is 3.39. The zero-order valence-electron chi connectivity index (χ0n) is 15.7. The Morgan fingerprint density at radius 2 is 2.07 bits per heavy atom. The van der Waals surface area contributed by atoms with E-state index in [2.05, 4.69) is 27.5 Å². The second kappa shape index (κ2) is 7.65. The molecule has 3 heterocycles. The Labute approximate surface area is 164 Å². The minimum atomic E-state index is -0.0231. The Morgan fingerprint density at radius 3 is 2.86 bits per heavy atom. The van der Waals surface area contributed by atoms with E-state index in [1.807, 2.05) is 23.2 Å². The summed E-state index contributed by atoms with van der Waals surface area (Å²) in [6, 6.07) is 13.1. The van der Waals surface area contributed by atoms with Gasteiger partial charge in [-0.3, -0.25) is 9.78 Å². The highest BCUT2D eigenvalue weighted by Gasteiger charge is 2.28. The largest absolute Gasteiger partial charge is 0.337 e. The summed E-state index contributed by atoms with van der Waals surface area (Å²) in [6.07, 6.45) is 7.34. The topological polar surface area (TPSA) is 74.8 Å². The van der Waals surface area contributed by atoms with Gasteiger partial charge in [-0.15, -0.1) is 0 Å². The quantitative estimate of drug-likeness (QED) is 0.705. The Hall–Kier alpha value is -3.46. The first-order valence-electron chi connectivity index (χ1n) is 9.41.